The SMILES string of the molecule is Cc1cc(/C=N\NC(=O)CN2CCCC2)c(C)n1-c1cc(Cl)cc(Cl)c1. The lowest BCUT2D eigenvalue weighted by Gasteiger charge is -2.12. The Morgan fingerprint density at radius 1 is 1.15 bits per heavy atom. The van der Waals surface area contributed by atoms with E-state index in [0.29, 0.717) is 16.6 Å². The molecule has 0 atom stereocenters. The van der Waals surface area contributed by atoms with Crippen molar-refractivity contribution in [3.63, 3.8) is 0 Å². The van der Waals surface area contributed by atoms with Crippen molar-refractivity contribution in [1.82, 2.24) is 14.9 Å². The van der Waals surface area contributed by atoms with Crippen LogP contribution >= 0.6 is 23.2 Å². The number of hydrogen-bond donors (Lipinski definition) is 1. The lowest BCUT2D eigenvalue weighted by atomic mass is 10.2. The van der Waals surface area contributed by atoms with Gasteiger partial charge in [0.05, 0.1) is 12.8 Å². The van der Waals surface area contributed by atoms with Gasteiger partial charge in [-0.15, -0.1) is 0 Å². The number of aryl methyl sites for hydroxylation is 1. The van der Waals surface area contributed by atoms with E-state index in [4.69, 9.17) is 23.2 Å². The monoisotopic (exact) mass is 392 g/mol. The van der Waals surface area contributed by atoms with E-state index in [0.717, 1.165) is 48.6 Å². The number of aromatic nitrogens is 1. The predicted octanol–water partition coefficient (Wildman–Crippen LogP) is 3.95. The number of carbonyl (C=O) groups excluding carboxylic acids is 1. The first-order valence-corrected chi connectivity index (χ1v) is 9.39. The Hall–Kier alpha value is -1.82. The van der Waals surface area contributed by atoms with Crippen LogP contribution in [0.2, 0.25) is 10.0 Å². The van der Waals surface area contributed by atoms with Gasteiger partial charge < -0.3 is 4.57 Å². The number of rotatable bonds is 5. The fraction of sp³-hybridized carbons (Fsp3) is 0.368. The number of halogens is 2. The van der Waals surface area contributed by atoms with Crippen LogP contribution < -0.4 is 5.43 Å². The summed E-state index contributed by atoms with van der Waals surface area (Å²) in [7, 11) is 0. The van der Waals surface area contributed by atoms with E-state index in [-0.39, 0.29) is 5.91 Å². The summed E-state index contributed by atoms with van der Waals surface area (Å²) in [5, 5.41) is 5.29. The fourth-order valence-corrected chi connectivity index (χ4v) is 3.85. The molecule has 2 aromatic rings. The summed E-state index contributed by atoms with van der Waals surface area (Å²) in [4.78, 5) is 14.1. The number of carbonyl (C=O) groups is 1. The molecule has 1 amide bonds. The van der Waals surface area contributed by atoms with Crippen LogP contribution in [0.3, 0.4) is 0 Å². The van der Waals surface area contributed by atoms with Crippen molar-refractivity contribution in [2.24, 2.45) is 5.10 Å². The molecule has 1 aromatic carbocycles. The summed E-state index contributed by atoms with van der Waals surface area (Å²) in [5.41, 5.74) is 6.47. The number of nitrogens with zero attached hydrogens (tertiary/aromatic N) is 3. The van der Waals surface area contributed by atoms with Crippen molar-refractivity contribution in [3.8, 4) is 5.69 Å². The minimum absolute atomic E-state index is 0.0846. The smallest absolute Gasteiger partial charge is 0.254 e. The van der Waals surface area contributed by atoms with E-state index in [1.54, 1.807) is 12.3 Å². The quantitative estimate of drug-likeness (QED) is 0.618. The highest BCUT2D eigenvalue weighted by Gasteiger charge is 2.15. The Bertz CT molecular complexity index is 818. The number of likely N-dealkylation sites (tertiary alicyclic amines) is 1. The third-order valence-electron chi connectivity index (χ3n) is 4.53. The van der Waals surface area contributed by atoms with Gasteiger partial charge in [0.2, 0.25) is 0 Å². The van der Waals surface area contributed by atoms with Crippen LogP contribution in [-0.2, 0) is 4.79 Å². The number of amides is 1. The Morgan fingerprint density at radius 3 is 2.46 bits per heavy atom. The molecule has 0 aliphatic carbocycles. The van der Waals surface area contributed by atoms with E-state index in [9.17, 15) is 4.79 Å². The lowest BCUT2D eigenvalue weighted by Crippen LogP contribution is -2.33. The number of hydrogen-bond acceptors (Lipinski definition) is 3. The van der Waals surface area contributed by atoms with Gasteiger partial charge >= 0.3 is 0 Å². The minimum Gasteiger partial charge on any atom is -0.318 e. The predicted molar refractivity (Wildman–Crippen MR) is 107 cm³/mol. The van der Waals surface area contributed by atoms with Crippen LogP contribution in [0.15, 0.2) is 29.4 Å². The summed E-state index contributed by atoms with van der Waals surface area (Å²) in [6.07, 6.45) is 4.00. The van der Waals surface area contributed by atoms with Gasteiger partial charge in [-0.2, -0.15) is 5.10 Å². The van der Waals surface area contributed by atoms with Crippen molar-refractivity contribution in [1.29, 1.82) is 0 Å². The third kappa shape index (κ3) is 4.47. The van der Waals surface area contributed by atoms with Gasteiger partial charge in [0, 0.05) is 32.7 Å². The zero-order valence-electron chi connectivity index (χ0n) is 14.9. The number of nitrogens with one attached hydrogen (secondary N) is 1. The maximum Gasteiger partial charge on any atom is 0.254 e. The Kier molecular flexibility index (Phi) is 6.01. The summed E-state index contributed by atoms with van der Waals surface area (Å²) in [6, 6.07) is 7.46. The van der Waals surface area contributed by atoms with Crippen LogP contribution in [0.25, 0.3) is 5.69 Å². The fourth-order valence-electron chi connectivity index (χ4n) is 3.34. The van der Waals surface area contributed by atoms with Gasteiger partial charge in [-0.25, -0.2) is 5.43 Å². The average molecular weight is 393 g/mol. The van der Waals surface area contributed by atoms with E-state index in [2.05, 4.69) is 20.0 Å². The first kappa shape index (κ1) is 19.0. The van der Waals surface area contributed by atoms with Crippen molar-refractivity contribution in [2.75, 3.05) is 19.6 Å². The molecule has 1 fully saturated rings. The molecular formula is C19H22Cl2N4O. The minimum atomic E-state index is -0.0846. The second-order valence-corrected chi connectivity index (χ2v) is 7.44. The molecule has 1 aliphatic heterocycles. The summed E-state index contributed by atoms with van der Waals surface area (Å²) in [6.45, 7) is 6.37. The van der Waals surface area contributed by atoms with Crippen LogP contribution in [0.5, 0.6) is 0 Å². The molecule has 3 rings (SSSR count). The molecule has 1 aromatic heterocycles. The Labute approximate surface area is 163 Å². The molecule has 0 saturated carbocycles. The van der Waals surface area contributed by atoms with Crippen LogP contribution in [0.1, 0.15) is 29.8 Å². The average Bonchev–Trinajstić information content (AvgIpc) is 3.15. The standard InChI is InChI=1S/C19H22Cl2N4O/c1-13-7-15(11-22-23-19(26)12-24-5-3-4-6-24)14(2)25(13)18-9-16(20)8-17(21)10-18/h7-11H,3-6,12H2,1-2H3,(H,23,26)/b22-11-. The summed E-state index contributed by atoms with van der Waals surface area (Å²) >= 11 is 12.2. The molecule has 0 bridgehead atoms. The van der Waals surface area contributed by atoms with E-state index < -0.39 is 0 Å². The van der Waals surface area contributed by atoms with Crippen LogP contribution in [0.4, 0.5) is 0 Å². The highest BCUT2D eigenvalue weighted by Crippen LogP contribution is 2.26. The highest BCUT2D eigenvalue weighted by molar-refractivity contribution is 6.34. The largest absolute Gasteiger partial charge is 0.318 e. The molecule has 1 saturated heterocycles. The van der Waals surface area contributed by atoms with Gasteiger partial charge in [-0.3, -0.25) is 9.69 Å². The molecule has 138 valence electrons. The van der Waals surface area contributed by atoms with Gasteiger partial charge in [0.15, 0.2) is 0 Å². The Morgan fingerprint density at radius 2 is 1.81 bits per heavy atom. The van der Waals surface area contributed by atoms with Gasteiger partial charge in [0.25, 0.3) is 5.91 Å². The maximum atomic E-state index is 11.9. The first-order valence-electron chi connectivity index (χ1n) is 8.64. The van der Waals surface area contributed by atoms with Crippen molar-refractivity contribution < 1.29 is 4.79 Å². The third-order valence-corrected chi connectivity index (χ3v) is 4.97. The van der Waals surface area contributed by atoms with Crippen molar-refractivity contribution in [2.45, 2.75) is 26.7 Å². The molecule has 7 heteroatoms. The molecule has 5 nitrogen and oxygen atoms in total. The normalized spacial score (nSPS) is 15.1. The van der Waals surface area contributed by atoms with Gasteiger partial charge in [-0.1, -0.05) is 23.2 Å². The second kappa shape index (κ2) is 8.25. The molecule has 0 spiro atoms. The molecule has 0 radical (unpaired) electrons. The summed E-state index contributed by atoms with van der Waals surface area (Å²) < 4.78 is 2.06. The van der Waals surface area contributed by atoms with E-state index >= 15 is 0 Å². The highest BCUT2D eigenvalue weighted by atomic mass is 35.5. The molecule has 26 heavy (non-hydrogen) atoms. The Balaban J connectivity index is 1.72. The van der Waals surface area contributed by atoms with E-state index in [1.165, 1.54) is 0 Å². The van der Waals surface area contributed by atoms with Gasteiger partial charge in [0.1, 0.15) is 0 Å². The van der Waals surface area contributed by atoms with Gasteiger partial charge in [-0.05, 0) is 64.0 Å². The molecule has 2 heterocycles. The second-order valence-electron chi connectivity index (χ2n) is 6.57. The zero-order chi connectivity index (χ0) is 18.7. The molecule has 1 aliphatic rings. The summed E-state index contributed by atoms with van der Waals surface area (Å²) in [5.74, 6) is -0.0846. The molecule has 0 unspecified atom stereocenters. The number of benzene rings is 1. The molecule has 1 N–H and O–H groups in total. The maximum absolute atomic E-state index is 11.9. The lowest BCUT2D eigenvalue weighted by molar-refractivity contribution is -0.121. The van der Waals surface area contributed by atoms with E-state index in [1.807, 2.05) is 32.0 Å². The van der Waals surface area contributed by atoms with Crippen molar-refractivity contribution in [3.05, 3.63) is 51.3 Å². The first-order chi connectivity index (χ1) is 12.4. The zero-order valence-corrected chi connectivity index (χ0v) is 16.4. The topological polar surface area (TPSA) is 49.6 Å². The molecular weight excluding hydrogens is 371 g/mol. The van der Waals surface area contributed by atoms with Crippen LogP contribution in [-0.4, -0.2) is 41.2 Å². The van der Waals surface area contributed by atoms with Crippen LogP contribution in [0, 0.1) is 13.8 Å². The number of hydrazone groups is 1. The van der Waals surface area contributed by atoms with Crippen molar-refractivity contribution >= 4 is 35.3 Å².